The molecule has 0 aliphatic heterocycles. The third-order valence-electron chi connectivity index (χ3n) is 3.94. The molecule has 5 nitrogen and oxygen atoms in total. The number of rotatable bonds is 9. The Morgan fingerprint density at radius 3 is 2.65 bits per heavy atom. The molecular formula is C20H27FN4O. The Morgan fingerprint density at radius 1 is 1.12 bits per heavy atom. The summed E-state index contributed by atoms with van der Waals surface area (Å²) in [5, 5.41) is 6.51. The van der Waals surface area contributed by atoms with E-state index in [0.29, 0.717) is 13.1 Å². The second kappa shape index (κ2) is 11.1. The van der Waals surface area contributed by atoms with Crippen LogP contribution in [-0.2, 0) is 13.0 Å². The molecule has 0 fully saturated rings. The highest BCUT2D eigenvalue weighted by molar-refractivity contribution is 5.79. The number of aryl methyl sites for hydroxylation is 1. The third-order valence-corrected chi connectivity index (χ3v) is 3.94. The molecule has 0 saturated heterocycles. The lowest BCUT2D eigenvalue weighted by Crippen LogP contribution is -2.38. The van der Waals surface area contributed by atoms with Crippen molar-refractivity contribution in [3.63, 3.8) is 0 Å². The first kappa shape index (κ1) is 19.7. The maximum atomic E-state index is 12.9. The van der Waals surface area contributed by atoms with Crippen LogP contribution in [0.4, 0.5) is 4.39 Å². The van der Waals surface area contributed by atoms with Gasteiger partial charge in [-0.15, -0.1) is 0 Å². The predicted molar refractivity (Wildman–Crippen MR) is 104 cm³/mol. The summed E-state index contributed by atoms with van der Waals surface area (Å²) in [5.74, 6) is 0.570. The highest BCUT2D eigenvalue weighted by Crippen LogP contribution is 2.02. The number of halogens is 1. The fourth-order valence-electron chi connectivity index (χ4n) is 2.55. The molecule has 0 amide bonds. The van der Waals surface area contributed by atoms with Crippen LogP contribution in [-0.4, -0.2) is 30.2 Å². The summed E-state index contributed by atoms with van der Waals surface area (Å²) in [6, 6.07) is 11.8. The van der Waals surface area contributed by atoms with Crippen molar-refractivity contribution in [2.45, 2.75) is 32.7 Å². The van der Waals surface area contributed by atoms with E-state index in [9.17, 15) is 9.18 Å². The van der Waals surface area contributed by atoms with Gasteiger partial charge in [0, 0.05) is 38.4 Å². The summed E-state index contributed by atoms with van der Waals surface area (Å²) in [6.07, 6.45) is 4.44. The molecule has 2 rings (SSSR count). The molecule has 0 saturated carbocycles. The molecule has 2 aromatic rings. The summed E-state index contributed by atoms with van der Waals surface area (Å²) >= 11 is 0. The highest BCUT2D eigenvalue weighted by atomic mass is 19.1. The monoisotopic (exact) mass is 358 g/mol. The number of aliphatic imine (C=N–C) groups is 1. The minimum absolute atomic E-state index is 0.0341. The molecule has 0 aliphatic carbocycles. The van der Waals surface area contributed by atoms with Crippen molar-refractivity contribution in [1.82, 2.24) is 15.2 Å². The van der Waals surface area contributed by atoms with E-state index in [2.05, 4.69) is 15.6 Å². The zero-order chi connectivity index (χ0) is 18.6. The number of pyridine rings is 1. The normalized spacial score (nSPS) is 11.4. The van der Waals surface area contributed by atoms with Crippen LogP contribution in [0, 0.1) is 5.82 Å². The van der Waals surface area contributed by atoms with Crippen molar-refractivity contribution >= 4 is 5.96 Å². The van der Waals surface area contributed by atoms with Gasteiger partial charge in [0.25, 0.3) is 0 Å². The van der Waals surface area contributed by atoms with Crippen molar-refractivity contribution in [2.24, 2.45) is 4.99 Å². The Balaban J connectivity index is 1.71. The summed E-state index contributed by atoms with van der Waals surface area (Å²) in [6.45, 7) is 4.97. The van der Waals surface area contributed by atoms with Gasteiger partial charge in [0.15, 0.2) is 5.96 Å². The maximum absolute atomic E-state index is 12.9. The summed E-state index contributed by atoms with van der Waals surface area (Å²) in [5.41, 5.74) is 1.12. The first-order valence-electron chi connectivity index (χ1n) is 9.11. The van der Waals surface area contributed by atoms with E-state index in [0.717, 1.165) is 43.9 Å². The molecule has 6 heteroatoms. The Morgan fingerprint density at radius 2 is 1.92 bits per heavy atom. The molecular weight excluding hydrogens is 331 g/mol. The molecule has 0 spiro atoms. The maximum Gasteiger partial charge on any atom is 0.250 e. The zero-order valence-corrected chi connectivity index (χ0v) is 15.2. The van der Waals surface area contributed by atoms with Crippen LogP contribution in [0.5, 0.6) is 0 Å². The number of nitrogens with one attached hydrogen (secondary N) is 2. The van der Waals surface area contributed by atoms with Gasteiger partial charge in [-0.2, -0.15) is 0 Å². The first-order chi connectivity index (χ1) is 12.7. The number of benzene rings is 1. The van der Waals surface area contributed by atoms with Gasteiger partial charge in [0.1, 0.15) is 5.82 Å². The second-order valence-corrected chi connectivity index (χ2v) is 6.00. The van der Waals surface area contributed by atoms with Gasteiger partial charge in [-0.3, -0.25) is 9.79 Å². The quantitative estimate of drug-likeness (QED) is 0.411. The Labute approximate surface area is 154 Å². The first-order valence-corrected chi connectivity index (χ1v) is 9.11. The van der Waals surface area contributed by atoms with Gasteiger partial charge < -0.3 is 15.2 Å². The van der Waals surface area contributed by atoms with Crippen molar-refractivity contribution in [3.8, 4) is 0 Å². The Bertz CT molecular complexity index is 740. The molecule has 0 aliphatic rings. The molecule has 1 aromatic carbocycles. The highest BCUT2D eigenvalue weighted by Gasteiger charge is 1.99. The number of unbranched alkanes of at least 4 members (excludes halogenated alkanes) is 1. The summed E-state index contributed by atoms with van der Waals surface area (Å²) < 4.78 is 14.6. The fourth-order valence-corrected chi connectivity index (χ4v) is 2.55. The van der Waals surface area contributed by atoms with Crippen molar-refractivity contribution in [3.05, 3.63) is 70.4 Å². The predicted octanol–water partition coefficient (Wildman–Crippen LogP) is 2.57. The van der Waals surface area contributed by atoms with Gasteiger partial charge in [0.05, 0.1) is 0 Å². The number of guanidine groups is 1. The average molecular weight is 358 g/mol. The lowest BCUT2D eigenvalue weighted by Gasteiger charge is -2.11. The van der Waals surface area contributed by atoms with Crippen LogP contribution >= 0.6 is 0 Å². The van der Waals surface area contributed by atoms with Crippen molar-refractivity contribution < 1.29 is 4.39 Å². The molecule has 140 valence electrons. The van der Waals surface area contributed by atoms with Crippen LogP contribution in [0.3, 0.4) is 0 Å². The lowest BCUT2D eigenvalue weighted by molar-refractivity contribution is 0.597. The average Bonchev–Trinajstić information content (AvgIpc) is 2.64. The molecule has 0 unspecified atom stereocenters. The Kier molecular flexibility index (Phi) is 8.39. The number of hydrogen-bond acceptors (Lipinski definition) is 2. The van der Waals surface area contributed by atoms with Gasteiger partial charge in [-0.25, -0.2) is 4.39 Å². The van der Waals surface area contributed by atoms with Crippen LogP contribution in [0.2, 0.25) is 0 Å². The fraction of sp³-hybridized carbons (Fsp3) is 0.400. The summed E-state index contributed by atoms with van der Waals surface area (Å²) in [7, 11) is 0. The topological polar surface area (TPSA) is 58.4 Å². The van der Waals surface area contributed by atoms with E-state index in [1.54, 1.807) is 28.8 Å². The second-order valence-electron chi connectivity index (χ2n) is 6.00. The molecule has 2 N–H and O–H groups in total. The zero-order valence-electron chi connectivity index (χ0n) is 15.2. The van der Waals surface area contributed by atoms with E-state index in [1.807, 2.05) is 19.2 Å². The van der Waals surface area contributed by atoms with E-state index in [1.165, 1.54) is 12.1 Å². The number of aromatic nitrogens is 1. The molecule has 1 heterocycles. The molecule has 0 bridgehead atoms. The Hall–Kier alpha value is -2.63. The van der Waals surface area contributed by atoms with Gasteiger partial charge in [0.2, 0.25) is 5.56 Å². The molecule has 1 aromatic heterocycles. The van der Waals surface area contributed by atoms with E-state index in [-0.39, 0.29) is 11.4 Å². The lowest BCUT2D eigenvalue weighted by atomic mass is 10.1. The van der Waals surface area contributed by atoms with Gasteiger partial charge in [-0.1, -0.05) is 18.2 Å². The van der Waals surface area contributed by atoms with Gasteiger partial charge in [-0.05, 0) is 49.9 Å². The smallest absolute Gasteiger partial charge is 0.250 e. The van der Waals surface area contributed by atoms with E-state index in [4.69, 9.17) is 0 Å². The van der Waals surface area contributed by atoms with Crippen LogP contribution in [0.15, 0.2) is 58.4 Å². The van der Waals surface area contributed by atoms with Crippen LogP contribution in [0.1, 0.15) is 25.3 Å². The van der Waals surface area contributed by atoms with Crippen LogP contribution < -0.4 is 16.2 Å². The van der Waals surface area contributed by atoms with Crippen molar-refractivity contribution in [2.75, 3.05) is 19.6 Å². The molecule has 0 radical (unpaired) electrons. The number of nitrogens with zero attached hydrogens (tertiary/aromatic N) is 2. The summed E-state index contributed by atoms with van der Waals surface area (Å²) in [4.78, 5) is 16.2. The third kappa shape index (κ3) is 7.09. The van der Waals surface area contributed by atoms with Gasteiger partial charge >= 0.3 is 0 Å². The molecule has 26 heavy (non-hydrogen) atoms. The molecule has 0 atom stereocenters. The van der Waals surface area contributed by atoms with E-state index >= 15 is 0 Å². The minimum Gasteiger partial charge on any atom is -0.357 e. The SMILES string of the molecule is CCNC(=NCCCCn1ccccc1=O)NCCc1ccc(F)cc1. The number of hydrogen-bond donors (Lipinski definition) is 2. The van der Waals surface area contributed by atoms with Crippen LogP contribution in [0.25, 0.3) is 0 Å². The minimum atomic E-state index is -0.214. The van der Waals surface area contributed by atoms with Crippen molar-refractivity contribution in [1.29, 1.82) is 0 Å². The largest absolute Gasteiger partial charge is 0.357 e. The standard InChI is InChI=1S/C20H27FN4O/c1-2-22-20(24-14-12-17-8-10-18(21)11-9-17)23-13-4-6-16-25-15-5-3-7-19(25)26/h3,5,7-11,15H,2,4,6,12-14,16H2,1H3,(H2,22,23,24). The van der Waals surface area contributed by atoms with E-state index < -0.39 is 0 Å².